The molecule has 0 atom stereocenters. The van der Waals surface area contributed by atoms with Crippen molar-refractivity contribution in [2.24, 2.45) is 0 Å². The van der Waals surface area contributed by atoms with Crippen LogP contribution in [0.3, 0.4) is 0 Å². The van der Waals surface area contributed by atoms with Gasteiger partial charge >= 0.3 is 0 Å². The fraction of sp³-hybridized carbons (Fsp3) is 0.188. The summed E-state index contributed by atoms with van der Waals surface area (Å²) in [5, 5.41) is 0. The van der Waals surface area contributed by atoms with Crippen LogP contribution in [0.5, 0.6) is 5.75 Å². The van der Waals surface area contributed by atoms with Gasteiger partial charge in [-0.2, -0.15) is 0 Å². The molecule has 0 fully saturated rings. The number of ketones is 1. The summed E-state index contributed by atoms with van der Waals surface area (Å²) in [5.74, 6) is -1.41. The highest BCUT2D eigenvalue weighted by Gasteiger charge is 2.13. The summed E-state index contributed by atoms with van der Waals surface area (Å²) in [6.45, 7) is 0. The average Bonchev–Trinajstić information content (AvgIpc) is 2.44. The lowest BCUT2D eigenvalue weighted by Gasteiger charge is -2.07. The number of carbonyl (C=O) groups excluding carboxylic acids is 1. The molecule has 0 aromatic heterocycles. The van der Waals surface area contributed by atoms with Gasteiger partial charge in [-0.1, -0.05) is 18.2 Å². The molecule has 0 heterocycles. The van der Waals surface area contributed by atoms with Crippen molar-refractivity contribution in [3.8, 4) is 5.75 Å². The first-order valence-electron chi connectivity index (χ1n) is 6.28. The normalized spacial score (nSPS) is 10.5. The standard InChI is InChI=1S/C16H13BrF2O2/c1-21-15-6-5-10(8-13(15)17)7-12(20)9-11-3-2-4-14(18)16(11)19/h2-6,8H,7,9H2,1H3. The molecule has 2 nitrogen and oxygen atoms in total. The summed E-state index contributed by atoms with van der Waals surface area (Å²) in [5.41, 5.74) is 0.858. The van der Waals surface area contributed by atoms with E-state index < -0.39 is 11.6 Å². The van der Waals surface area contributed by atoms with Gasteiger partial charge < -0.3 is 4.74 Å². The van der Waals surface area contributed by atoms with Crippen LogP contribution in [-0.4, -0.2) is 12.9 Å². The summed E-state index contributed by atoms with van der Waals surface area (Å²) in [6, 6.07) is 9.13. The van der Waals surface area contributed by atoms with Crippen molar-refractivity contribution in [2.75, 3.05) is 7.11 Å². The van der Waals surface area contributed by atoms with Gasteiger partial charge in [0.2, 0.25) is 0 Å². The van der Waals surface area contributed by atoms with Crippen LogP contribution in [0, 0.1) is 11.6 Å². The molecule has 0 saturated carbocycles. The molecule has 21 heavy (non-hydrogen) atoms. The molecule has 0 N–H and O–H groups in total. The second-order valence-electron chi connectivity index (χ2n) is 4.57. The molecular formula is C16H13BrF2O2. The SMILES string of the molecule is COc1ccc(CC(=O)Cc2cccc(F)c2F)cc1Br. The number of halogens is 3. The minimum absolute atomic E-state index is 0.0765. The van der Waals surface area contributed by atoms with Gasteiger partial charge in [-0.25, -0.2) is 8.78 Å². The topological polar surface area (TPSA) is 26.3 Å². The zero-order valence-electron chi connectivity index (χ0n) is 11.3. The van der Waals surface area contributed by atoms with Crippen LogP contribution < -0.4 is 4.74 Å². The first kappa shape index (κ1) is 15.6. The zero-order valence-corrected chi connectivity index (χ0v) is 12.9. The largest absolute Gasteiger partial charge is 0.496 e. The molecule has 0 radical (unpaired) electrons. The summed E-state index contributed by atoms with van der Waals surface area (Å²) >= 11 is 3.34. The van der Waals surface area contributed by atoms with Crippen LogP contribution in [0.25, 0.3) is 0 Å². The number of Topliss-reactive ketones (excluding diaryl/α,β-unsaturated/α-hetero) is 1. The highest BCUT2D eigenvalue weighted by Crippen LogP contribution is 2.26. The number of ether oxygens (including phenoxy) is 1. The van der Waals surface area contributed by atoms with E-state index in [0.29, 0.717) is 5.75 Å². The van der Waals surface area contributed by atoms with Crippen LogP contribution in [0.15, 0.2) is 40.9 Å². The van der Waals surface area contributed by atoms with Crippen LogP contribution in [0.1, 0.15) is 11.1 Å². The number of benzene rings is 2. The highest BCUT2D eigenvalue weighted by molar-refractivity contribution is 9.10. The van der Waals surface area contributed by atoms with Gasteiger partial charge in [0, 0.05) is 12.8 Å². The Morgan fingerprint density at radius 3 is 2.62 bits per heavy atom. The van der Waals surface area contributed by atoms with Crippen LogP contribution in [0.2, 0.25) is 0 Å². The zero-order chi connectivity index (χ0) is 15.4. The Morgan fingerprint density at radius 1 is 1.19 bits per heavy atom. The van der Waals surface area contributed by atoms with Gasteiger partial charge in [-0.3, -0.25) is 4.79 Å². The summed E-state index contributed by atoms with van der Waals surface area (Å²) < 4.78 is 32.4. The predicted octanol–water partition coefficient (Wildman–Crippen LogP) is 4.09. The molecule has 0 unspecified atom stereocenters. The van der Waals surface area contributed by atoms with Crippen LogP contribution >= 0.6 is 15.9 Å². The minimum Gasteiger partial charge on any atom is -0.496 e. The molecule has 0 bridgehead atoms. The summed E-state index contributed by atoms with van der Waals surface area (Å²) in [7, 11) is 1.55. The Balaban J connectivity index is 2.08. The van der Waals surface area contributed by atoms with E-state index >= 15 is 0 Å². The van der Waals surface area contributed by atoms with E-state index in [0.717, 1.165) is 16.1 Å². The van der Waals surface area contributed by atoms with E-state index in [-0.39, 0.29) is 24.2 Å². The lowest BCUT2D eigenvalue weighted by Crippen LogP contribution is -2.08. The number of carbonyl (C=O) groups is 1. The molecule has 0 spiro atoms. The van der Waals surface area contributed by atoms with Crippen molar-refractivity contribution in [3.05, 3.63) is 63.6 Å². The molecule has 0 aliphatic heterocycles. The van der Waals surface area contributed by atoms with Crippen LogP contribution in [0.4, 0.5) is 8.78 Å². The van der Waals surface area contributed by atoms with E-state index in [1.54, 1.807) is 25.3 Å². The molecule has 110 valence electrons. The van der Waals surface area contributed by atoms with Crippen molar-refractivity contribution in [1.29, 1.82) is 0 Å². The van der Waals surface area contributed by atoms with Gasteiger partial charge in [0.1, 0.15) is 11.5 Å². The fourth-order valence-corrected chi connectivity index (χ4v) is 2.60. The lowest BCUT2D eigenvalue weighted by molar-refractivity contribution is -0.117. The van der Waals surface area contributed by atoms with Crippen molar-refractivity contribution >= 4 is 21.7 Å². The molecule has 2 aromatic carbocycles. The lowest BCUT2D eigenvalue weighted by atomic mass is 10.0. The highest BCUT2D eigenvalue weighted by atomic mass is 79.9. The Kier molecular flexibility index (Phi) is 5.07. The number of methoxy groups -OCH3 is 1. The Morgan fingerprint density at radius 2 is 1.95 bits per heavy atom. The van der Waals surface area contributed by atoms with Gasteiger partial charge in [0.25, 0.3) is 0 Å². The quantitative estimate of drug-likeness (QED) is 0.808. The maximum absolute atomic E-state index is 13.5. The molecule has 0 amide bonds. The van der Waals surface area contributed by atoms with Gasteiger partial charge in [0.15, 0.2) is 11.6 Å². The molecule has 5 heteroatoms. The minimum atomic E-state index is -0.957. The molecule has 0 aliphatic carbocycles. The van der Waals surface area contributed by atoms with E-state index in [4.69, 9.17) is 4.74 Å². The number of rotatable bonds is 5. The van der Waals surface area contributed by atoms with Crippen LogP contribution in [-0.2, 0) is 17.6 Å². The Hall–Kier alpha value is -1.75. The van der Waals surface area contributed by atoms with Crippen molar-refractivity contribution in [2.45, 2.75) is 12.8 Å². The average molecular weight is 355 g/mol. The van der Waals surface area contributed by atoms with Gasteiger partial charge in [0.05, 0.1) is 11.6 Å². The Labute approximate surface area is 129 Å². The molecule has 0 saturated heterocycles. The number of hydrogen-bond acceptors (Lipinski definition) is 2. The fourth-order valence-electron chi connectivity index (χ4n) is 2.01. The monoisotopic (exact) mass is 354 g/mol. The van der Waals surface area contributed by atoms with Gasteiger partial charge in [-0.05, 0) is 45.3 Å². The second kappa shape index (κ2) is 6.80. The molecule has 0 aliphatic rings. The first-order chi connectivity index (χ1) is 10.0. The summed E-state index contributed by atoms with van der Waals surface area (Å²) in [4.78, 5) is 12.0. The maximum atomic E-state index is 13.5. The third-order valence-electron chi connectivity index (χ3n) is 3.04. The van der Waals surface area contributed by atoms with E-state index in [9.17, 15) is 13.6 Å². The van der Waals surface area contributed by atoms with E-state index in [2.05, 4.69) is 15.9 Å². The van der Waals surface area contributed by atoms with Crippen molar-refractivity contribution in [3.63, 3.8) is 0 Å². The Bertz CT molecular complexity index is 671. The molecule has 2 aromatic rings. The van der Waals surface area contributed by atoms with Crippen molar-refractivity contribution in [1.82, 2.24) is 0 Å². The molecular weight excluding hydrogens is 342 g/mol. The number of hydrogen-bond donors (Lipinski definition) is 0. The predicted molar refractivity (Wildman–Crippen MR) is 79.5 cm³/mol. The molecule has 2 rings (SSSR count). The smallest absolute Gasteiger partial charge is 0.162 e. The van der Waals surface area contributed by atoms with E-state index in [1.807, 2.05) is 0 Å². The second-order valence-corrected chi connectivity index (χ2v) is 5.43. The maximum Gasteiger partial charge on any atom is 0.162 e. The van der Waals surface area contributed by atoms with Crippen molar-refractivity contribution < 1.29 is 18.3 Å². The van der Waals surface area contributed by atoms with E-state index in [1.165, 1.54) is 12.1 Å². The summed E-state index contributed by atoms with van der Waals surface area (Å²) in [6.07, 6.45) is 0.0196. The third-order valence-corrected chi connectivity index (χ3v) is 3.66. The third kappa shape index (κ3) is 3.88. The van der Waals surface area contributed by atoms with Gasteiger partial charge in [-0.15, -0.1) is 0 Å². The first-order valence-corrected chi connectivity index (χ1v) is 7.07.